The van der Waals surface area contributed by atoms with E-state index in [0.29, 0.717) is 34.7 Å². The van der Waals surface area contributed by atoms with Gasteiger partial charge in [-0.25, -0.2) is 0 Å². The van der Waals surface area contributed by atoms with Gasteiger partial charge in [0.2, 0.25) is 5.76 Å². The SMILES string of the molecule is CSc1ccc([C@H]2c3c(oc4ccc(Cl)cc4c3=O)C(=O)N2C[C@H]2CCCO2)cc1. The molecular formula is C23H20ClNO4S. The molecule has 7 heteroatoms. The number of hydrogen-bond donors (Lipinski definition) is 0. The van der Waals surface area contributed by atoms with Crippen molar-refractivity contribution in [1.29, 1.82) is 0 Å². The van der Waals surface area contributed by atoms with Gasteiger partial charge in [-0.1, -0.05) is 23.7 Å². The zero-order valence-corrected chi connectivity index (χ0v) is 18.0. The van der Waals surface area contributed by atoms with Gasteiger partial charge in [-0.3, -0.25) is 9.59 Å². The number of carbonyl (C=O) groups excluding carboxylic acids is 1. The highest BCUT2D eigenvalue weighted by Crippen LogP contribution is 2.39. The van der Waals surface area contributed by atoms with Crippen molar-refractivity contribution >= 4 is 40.2 Å². The van der Waals surface area contributed by atoms with Crippen LogP contribution >= 0.6 is 23.4 Å². The van der Waals surface area contributed by atoms with Crippen molar-refractivity contribution in [1.82, 2.24) is 4.90 Å². The van der Waals surface area contributed by atoms with Gasteiger partial charge in [-0.2, -0.15) is 0 Å². The number of hydrogen-bond acceptors (Lipinski definition) is 5. The van der Waals surface area contributed by atoms with Gasteiger partial charge in [0.1, 0.15) is 5.58 Å². The van der Waals surface area contributed by atoms with Crippen LogP contribution in [0.1, 0.15) is 40.6 Å². The topological polar surface area (TPSA) is 59.8 Å². The molecular weight excluding hydrogens is 422 g/mol. The van der Waals surface area contributed by atoms with Gasteiger partial charge < -0.3 is 14.1 Å². The van der Waals surface area contributed by atoms with E-state index in [-0.39, 0.29) is 23.2 Å². The first-order chi connectivity index (χ1) is 14.6. The summed E-state index contributed by atoms with van der Waals surface area (Å²) in [6.45, 7) is 1.13. The lowest BCUT2D eigenvalue weighted by atomic mass is 9.98. The van der Waals surface area contributed by atoms with Crippen molar-refractivity contribution < 1.29 is 13.9 Å². The van der Waals surface area contributed by atoms with E-state index in [1.54, 1.807) is 34.9 Å². The summed E-state index contributed by atoms with van der Waals surface area (Å²) in [4.78, 5) is 29.7. The van der Waals surface area contributed by atoms with E-state index >= 15 is 0 Å². The molecule has 0 saturated carbocycles. The second-order valence-corrected chi connectivity index (χ2v) is 8.90. The Kier molecular flexibility index (Phi) is 5.09. The largest absolute Gasteiger partial charge is 0.450 e. The number of rotatable bonds is 4. The first kappa shape index (κ1) is 19.7. The monoisotopic (exact) mass is 441 g/mol. The van der Waals surface area contributed by atoms with Crippen molar-refractivity contribution in [2.45, 2.75) is 29.9 Å². The molecule has 0 radical (unpaired) electrons. The summed E-state index contributed by atoms with van der Waals surface area (Å²) < 4.78 is 11.7. The minimum absolute atomic E-state index is 0.0322. The van der Waals surface area contributed by atoms with E-state index in [2.05, 4.69) is 0 Å². The van der Waals surface area contributed by atoms with E-state index in [4.69, 9.17) is 20.8 Å². The lowest BCUT2D eigenvalue weighted by molar-refractivity contribution is 0.0486. The van der Waals surface area contributed by atoms with Crippen LogP contribution in [-0.2, 0) is 4.74 Å². The summed E-state index contributed by atoms with van der Waals surface area (Å²) in [5, 5.41) is 0.843. The normalized spacial score (nSPS) is 20.9. The Bertz CT molecular complexity index is 1180. The molecule has 1 aromatic heterocycles. The summed E-state index contributed by atoms with van der Waals surface area (Å²) in [6, 6.07) is 12.3. The molecule has 2 aliphatic heterocycles. The second kappa shape index (κ2) is 7.76. The zero-order valence-electron chi connectivity index (χ0n) is 16.4. The highest BCUT2D eigenvalue weighted by molar-refractivity contribution is 7.98. The Balaban J connectivity index is 1.69. The fraction of sp³-hybridized carbons (Fsp3) is 0.304. The molecule has 0 N–H and O–H groups in total. The molecule has 1 amide bonds. The minimum atomic E-state index is -0.507. The summed E-state index contributed by atoms with van der Waals surface area (Å²) in [6.07, 6.45) is 3.86. The maximum absolute atomic E-state index is 13.5. The van der Waals surface area contributed by atoms with Crippen molar-refractivity contribution in [2.75, 3.05) is 19.4 Å². The van der Waals surface area contributed by atoms with Gasteiger partial charge in [-0.15, -0.1) is 11.8 Å². The van der Waals surface area contributed by atoms with Crippen LogP contribution in [0.15, 0.2) is 56.6 Å². The molecule has 3 heterocycles. The first-order valence-corrected chi connectivity index (χ1v) is 11.5. The lowest BCUT2D eigenvalue weighted by Crippen LogP contribution is -2.36. The van der Waals surface area contributed by atoms with Gasteiger partial charge in [0, 0.05) is 23.1 Å². The Morgan fingerprint density at radius 3 is 2.67 bits per heavy atom. The molecule has 0 aliphatic carbocycles. The third kappa shape index (κ3) is 3.23. The Labute approximate surface area is 183 Å². The van der Waals surface area contributed by atoms with Crippen molar-refractivity contribution in [3.63, 3.8) is 0 Å². The number of thioether (sulfide) groups is 1. The van der Waals surface area contributed by atoms with Gasteiger partial charge >= 0.3 is 0 Å². The minimum Gasteiger partial charge on any atom is -0.450 e. The number of amides is 1. The van der Waals surface area contributed by atoms with Crippen LogP contribution in [-0.4, -0.2) is 36.3 Å². The van der Waals surface area contributed by atoms with Crippen molar-refractivity contribution in [2.24, 2.45) is 0 Å². The van der Waals surface area contributed by atoms with E-state index in [9.17, 15) is 9.59 Å². The predicted molar refractivity (Wildman–Crippen MR) is 118 cm³/mol. The second-order valence-electron chi connectivity index (χ2n) is 7.58. The van der Waals surface area contributed by atoms with E-state index in [0.717, 1.165) is 23.3 Å². The molecule has 3 aromatic rings. The Hall–Kier alpha value is -2.28. The van der Waals surface area contributed by atoms with Crippen LogP contribution in [0.4, 0.5) is 0 Å². The number of benzene rings is 2. The number of ether oxygens (including phenoxy) is 1. The van der Waals surface area contributed by atoms with E-state index in [1.165, 1.54) is 0 Å². The quantitative estimate of drug-likeness (QED) is 0.539. The number of fused-ring (bicyclic) bond motifs is 2. The number of carbonyl (C=O) groups is 1. The molecule has 1 fully saturated rings. The first-order valence-electron chi connectivity index (χ1n) is 9.89. The van der Waals surface area contributed by atoms with Crippen molar-refractivity contribution in [3.05, 3.63) is 74.6 Å². The molecule has 0 bridgehead atoms. The molecule has 5 nitrogen and oxygen atoms in total. The fourth-order valence-electron chi connectivity index (χ4n) is 4.32. The van der Waals surface area contributed by atoms with E-state index < -0.39 is 6.04 Å². The van der Waals surface area contributed by atoms with Crippen LogP contribution < -0.4 is 5.43 Å². The van der Waals surface area contributed by atoms with Gasteiger partial charge in [0.15, 0.2) is 5.43 Å². The number of nitrogens with zero attached hydrogens (tertiary/aromatic N) is 1. The molecule has 1 saturated heterocycles. The highest BCUT2D eigenvalue weighted by Gasteiger charge is 2.43. The molecule has 2 aromatic carbocycles. The maximum Gasteiger partial charge on any atom is 0.291 e. The molecule has 2 aliphatic rings. The molecule has 0 spiro atoms. The smallest absolute Gasteiger partial charge is 0.291 e. The average Bonchev–Trinajstić information content (AvgIpc) is 3.37. The molecule has 0 unspecified atom stereocenters. The lowest BCUT2D eigenvalue weighted by Gasteiger charge is -2.27. The molecule has 5 rings (SSSR count). The molecule has 30 heavy (non-hydrogen) atoms. The predicted octanol–water partition coefficient (Wildman–Crippen LogP) is 4.89. The zero-order chi connectivity index (χ0) is 20.8. The average molecular weight is 442 g/mol. The van der Waals surface area contributed by atoms with Gasteiger partial charge in [0.25, 0.3) is 5.91 Å². The van der Waals surface area contributed by atoms with Gasteiger partial charge in [0.05, 0.1) is 23.1 Å². The summed E-state index contributed by atoms with van der Waals surface area (Å²) >= 11 is 7.77. The fourth-order valence-corrected chi connectivity index (χ4v) is 4.90. The van der Waals surface area contributed by atoms with Crippen LogP contribution in [0.3, 0.4) is 0 Å². The summed E-state index contributed by atoms with van der Waals surface area (Å²) in [5.74, 6) is -0.153. The summed E-state index contributed by atoms with van der Waals surface area (Å²) in [5.41, 5.74) is 1.42. The molecule has 2 atom stereocenters. The van der Waals surface area contributed by atoms with Crippen LogP contribution in [0.2, 0.25) is 5.02 Å². The number of halogens is 1. The maximum atomic E-state index is 13.5. The summed E-state index contributed by atoms with van der Waals surface area (Å²) in [7, 11) is 0. The Morgan fingerprint density at radius 1 is 1.17 bits per heavy atom. The third-order valence-corrected chi connectivity index (χ3v) is 6.76. The van der Waals surface area contributed by atoms with Crippen molar-refractivity contribution in [3.8, 4) is 0 Å². The molecule has 154 valence electrons. The van der Waals surface area contributed by atoms with E-state index in [1.807, 2.05) is 30.5 Å². The van der Waals surface area contributed by atoms with Crippen LogP contribution in [0.25, 0.3) is 11.0 Å². The third-order valence-electron chi connectivity index (χ3n) is 5.78. The van der Waals surface area contributed by atoms with Gasteiger partial charge in [-0.05, 0) is 55.0 Å². The van der Waals surface area contributed by atoms with Crippen LogP contribution in [0.5, 0.6) is 0 Å². The Morgan fingerprint density at radius 2 is 1.97 bits per heavy atom. The standard InChI is InChI=1S/C23H20ClNO4S/c1-30-16-7-4-13(5-8-16)20-19-21(26)17-11-14(24)6-9-18(17)29-22(19)23(27)25(20)12-15-3-2-10-28-15/h4-9,11,15,20H,2-3,10,12H2,1H3/t15-,20+/m1/s1. The van der Waals surface area contributed by atoms with Crippen LogP contribution in [0, 0.1) is 0 Å². The highest BCUT2D eigenvalue weighted by atomic mass is 35.5.